The van der Waals surface area contributed by atoms with Gasteiger partial charge in [-0.3, -0.25) is 20.4 Å². The molecule has 0 aliphatic carbocycles. The summed E-state index contributed by atoms with van der Waals surface area (Å²) in [6.07, 6.45) is 0. The summed E-state index contributed by atoms with van der Waals surface area (Å²) in [5.74, 6) is 0.769. The molecule has 0 fully saturated rings. The van der Waals surface area contributed by atoms with E-state index < -0.39 is 11.8 Å². The minimum absolute atomic E-state index is 0.222. The van der Waals surface area contributed by atoms with Crippen LogP contribution in [0.3, 0.4) is 0 Å². The van der Waals surface area contributed by atoms with Crippen LogP contribution in [-0.4, -0.2) is 31.6 Å². The fraction of sp³-hybridized carbons (Fsp3) is 0.167. The van der Waals surface area contributed by atoms with E-state index >= 15 is 0 Å². The van der Waals surface area contributed by atoms with Crippen molar-refractivity contribution in [3.63, 3.8) is 0 Å². The Bertz CT molecular complexity index is 1010. The smallest absolute Gasteiger partial charge is 0.276 e. The van der Waals surface area contributed by atoms with Gasteiger partial charge in [-0.25, -0.2) is 0 Å². The Labute approximate surface area is 180 Å². The molecule has 0 radical (unpaired) electrons. The zero-order chi connectivity index (χ0) is 21.9. The molecule has 0 aliphatic rings. The van der Waals surface area contributed by atoms with Crippen molar-refractivity contribution >= 4 is 11.8 Å². The number of hydrogen-bond donors (Lipinski definition) is 2. The zero-order valence-electron chi connectivity index (χ0n) is 17.2. The number of para-hydroxylation sites is 3. The molecule has 7 heteroatoms. The number of amides is 2. The highest BCUT2D eigenvalue weighted by molar-refractivity contribution is 5.97. The van der Waals surface area contributed by atoms with E-state index in [0.717, 1.165) is 11.3 Å². The first kappa shape index (κ1) is 21.7. The molecule has 0 heterocycles. The quantitative estimate of drug-likeness (QED) is 0.410. The maximum Gasteiger partial charge on any atom is 0.276 e. The van der Waals surface area contributed by atoms with Crippen molar-refractivity contribution in [3.8, 4) is 17.2 Å². The van der Waals surface area contributed by atoms with E-state index in [1.807, 2.05) is 55.5 Å². The second-order valence-corrected chi connectivity index (χ2v) is 6.56. The largest absolute Gasteiger partial charge is 0.490 e. The van der Waals surface area contributed by atoms with E-state index in [9.17, 15) is 9.59 Å². The average molecular weight is 420 g/mol. The summed E-state index contributed by atoms with van der Waals surface area (Å²) in [4.78, 5) is 24.5. The maximum atomic E-state index is 12.5. The van der Waals surface area contributed by atoms with Crippen molar-refractivity contribution in [1.29, 1.82) is 0 Å². The van der Waals surface area contributed by atoms with Gasteiger partial charge in [0.2, 0.25) is 0 Å². The van der Waals surface area contributed by atoms with E-state index in [1.54, 1.807) is 30.3 Å². The highest BCUT2D eigenvalue weighted by Crippen LogP contribution is 2.18. The third-order valence-electron chi connectivity index (χ3n) is 4.25. The normalized spacial score (nSPS) is 10.1. The van der Waals surface area contributed by atoms with Gasteiger partial charge in [0, 0.05) is 0 Å². The minimum Gasteiger partial charge on any atom is -0.490 e. The number of hydrogen-bond acceptors (Lipinski definition) is 5. The number of carbonyl (C=O) groups is 2. The van der Waals surface area contributed by atoms with Crippen LogP contribution in [-0.2, 0) is 4.79 Å². The molecule has 0 saturated carbocycles. The molecule has 3 rings (SSSR count). The van der Waals surface area contributed by atoms with Gasteiger partial charge < -0.3 is 14.2 Å². The van der Waals surface area contributed by atoms with E-state index in [2.05, 4.69) is 10.9 Å². The number of carbonyl (C=O) groups excluding carboxylic acids is 2. The third-order valence-corrected chi connectivity index (χ3v) is 4.25. The Morgan fingerprint density at radius 3 is 2.13 bits per heavy atom. The molecule has 0 spiro atoms. The number of nitrogens with one attached hydrogen (secondary N) is 2. The second-order valence-electron chi connectivity index (χ2n) is 6.56. The number of benzene rings is 3. The lowest BCUT2D eigenvalue weighted by molar-refractivity contribution is -0.123. The van der Waals surface area contributed by atoms with Gasteiger partial charge in [0.15, 0.2) is 6.61 Å². The van der Waals surface area contributed by atoms with Gasteiger partial charge in [-0.15, -0.1) is 0 Å². The Balaban J connectivity index is 1.45. The molecule has 0 bridgehead atoms. The van der Waals surface area contributed by atoms with Gasteiger partial charge in [-0.2, -0.15) is 0 Å². The summed E-state index contributed by atoms with van der Waals surface area (Å²) in [5.41, 5.74) is 5.93. The first-order valence-electron chi connectivity index (χ1n) is 9.81. The Kier molecular flexibility index (Phi) is 7.88. The summed E-state index contributed by atoms with van der Waals surface area (Å²) >= 11 is 0. The Morgan fingerprint density at radius 2 is 1.35 bits per heavy atom. The fourth-order valence-corrected chi connectivity index (χ4v) is 2.70. The molecule has 3 aromatic carbocycles. The lowest BCUT2D eigenvalue weighted by Crippen LogP contribution is -2.44. The molecule has 3 aromatic rings. The monoisotopic (exact) mass is 420 g/mol. The number of hydrazine groups is 1. The van der Waals surface area contributed by atoms with Gasteiger partial charge in [-0.1, -0.05) is 48.5 Å². The number of rotatable bonds is 9. The third kappa shape index (κ3) is 6.78. The van der Waals surface area contributed by atoms with Crippen molar-refractivity contribution in [2.75, 3.05) is 19.8 Å². The van der Waals surface area contributed by atoms with E-state index in [-0.39, 0.29) is 13.2 Å². The van der Waals surface area contributed by atoms with Crippen LogP contribution in [0.4, 0.5) is 0 Å². The Hall–Kier alpha value is -4.00. The molecular formula is C24H24N2O5. The number of ether oxygens (including phenoxy) is 3. The standard InChI is InChI=1S/C24H24N2O5/c1-18-9-5-7-13-21(18)31-17-23(27)25-26-24(28)20-12-6-8-14-22(20)30-16-15-29-19-10-3-2-4-11-19/h2-14H,15-17H2,1H3,(H,25,27)(H,26,28). The SMILES string of the molecule is Cc1ccccc1OCC(=O)NNC(=O)c1ccccc1OCCOc1ccccc1. The molecular weight excluding hydrogens is 396 g/mol. The fourth-order valence-electron chi connectivity index (χ4n) is 2.70. The molecule has 31 heavy (non-hydrogen) atoms. The van der Waals surface area contributed by atoms with Gasteiger partial charge in [0.25, 0.3) is 11.8 Å². The molecule has 0 unspecified atom stereocenters. The van der Waals surface area contributed by atoms with E-state index in [4.69, 9.17) is 14.2 Å². The lowest BCUT2D eigenvalue weighted by Gasteiger charge is -2.13. The van der Waals surface area contributed by atoms with E-state index in [0.29, 0.717) is 23.7 Å². The zero-order valence-corrected chi connectivity index (χ0v) is 17.2. The molecule has 2 amide bonds. The molecule has 7 nitrogen and oxygen atoms in total. The molecule has 0 aromatic heterocycles. The van der Waals surface area contributed by atoms with Gasteiger partial charge in [-0.05, 0) is 42.8 Å². The number of aryl methyl sites for hydroxylation is 1. The van der Waals surface area contributed by atoms with Crippen LogP contribution >= 0.6 is 0 Å². The molecule has 0 saturated heterocycles. The van der Waals surface area contributed by atoms with Crippen molar-refractivity contribution < 1.29 is 23.8 Å². The topological polar surface area (TPSA) is 85.9 Å². The highest BCUT2D eigenvalue weighted by Gasteiger charge is 2.13. The summed E-state index contributed by atoms with van der Waals surface area (Å²) in [6, 6.07) is 23.5. The van der Waals surface area contributed by atoms with Crippen molar-refractivity contribution in [3.05, 3.63) is 90.0 Å². The van der Waals surface area contributed by atoms with Crippen molar-refractivity contribution in [2.24, 2.45) is 0 Å². The van der Waals surface area contributed by atoms with Crippen LogP contribution < -0.4 is 25.1 Å². The predicted octanol–water partition coefficient (Wildman–Crippen LogP) is 3.29. The van der Waals surface area contributed by atoms with Crippen LogP contribution in [0.5, 0.6) is 17.2 Å². The minimum atomic E-state index is -0.496. The summed E-state index contributed by atoms with van der Waals surface area (Å²) < 4.78 is 16.7. The average Bonchev–Trinajstić information content (AvgIpc) is 2.80. The van der Waals surface area contributed by atoms with Crippen LogP contribution in [0.15, 0.2) is 78.9 Å². The maximum absolute atomic E-state index is 12.5. The van der Waals surface area contributed by atoms with Crippen LogP contribution in [0.1, 0.15) is 15.9 Å². The molecule has 2 N–H and O–H groups in total. The molecule has 0 aliphatic heterocycles. The highest BCUT2D eigenvalue weighted by atomic mass is 16.5. The van der Waals surface area contributed by atoms with Gasteiger partial charge in [0.05, 0.1) is 5.56 Å². The Morgan fingerprint density at radius 1 is 0.710 bits per heavy atom. The second kappa shape index (κ2) is 11.3. The molecule has 160 valence electrons. The summed E-state index contributed by atoms with van der Waals surface area (Å²) in [6.45, 7) is 2.25. The van der Waals surface area contributed by atoms with Gasteiger partial charge >= 0.3 is 0 Å². The summed E-state index contributed by atoms with van der Waals surface area (Å²) in [5, 5.41) is 0. The van der Waals surface area contributed by atoms with E-state index in [1.165, 1.54) is 0 Å². The van der Waals surface area contributed by atoms with Crippen LogP contribution in [0, 0.1) is 6.92 Å². The summed E-state index contributed by atoms with van der Waals surface area (Å²) in [7, 11) is 0. The van der Waals surface area contributed by atoms with Crippen molar-refractivity contribution in [1.82, 2.24) is 10.9 Å². The van der Waals surface area contributed by atoms with Crippen LogP contribution in [0.2, 0.25) is 0 Å². The van der Waals surface area contributed by atoms with Gasteiger partial charge in [0.1, 0.15) is 30.5 Å². The first-order valence-corrected chi connectivity index (χ1v) is 9.81. The lowest BCUT2D eigenvalue weighted by atomic mass is 10.2. The van der Waals surface area contributed by atoms with Crippen molar-refractivity contribution in [2.45, 2.75) is 6.92 Å². The predicted molar refractivity (Wildman–Crippen MR) is 116 cm³/mol. The first-order chi connectivity index (χ1) is 15.1. The molecule has 0 atom stereocenters. The van der Waals surface area contributed by atoms with Crippen LogP contribution in [0.25, 0.3) is 0 Å².